The molecule has 0 saturated carbocycles. The molecule has 12 nitrogen and oxygen atoms in total. The third-order valence-corrected chi connectivity index (χ3v) is 11.6. The Bertz CT molecular complexity index is 2030. The third kappa shape index (κ3) is 7.75. The Morgan fingerprint density at radius 1 is 0.963 bits per heavy atom. The lowest BCUT2D eigenvalue weighted by Gasteiger charge is -2.47. The third-order valence-electron chi connectivity index (χ3n) is 10.9. The summed E-state index contributed by atoms with van der Waals surface area (Å²) in [7, 11) is 0. The van der Waals surface area contributed by atoms with Crippen LogP contribution >= 0.6 is 0 Å². The molecule has 3 fully saturated rings. The number of aliphatic carboxylic acids is 1. The van der Waals surface area contributed by atoms with Crippen LogP contribution < -0.4 is 9.31 Å². The lowest BCUT2D eigenvalue weighted by Crippen LogP contribution is -2.58. The fourth-order valence-corrected chi connectivity index (χ4v) is 9.04. The van der Waals surface area contributed by atoms with Crippen molar-refractivity contribution in [3.05, 3.63) is 77.6 Å². The van der Waals surface area contributed by atoms with E-state index in [2.05, 4.69) is 45.7 Å². The van der Waals surface area contributed by atoms with E-state index in [1.807, 2.05) is 17.0 Å². The van der Waals surface area contributed by atoms with Crippen LogP contribution in [-0.2, 0) is 16.1 Å². The molecule has 4 atom stereocenters. The number of benzene rings is 2. The maximum Gasteiger partial charge on any atom is 0.317 e. The van der Waals surface area contributed by atoms with E-state index in [0.29, 0.717) is 26.9 Å². The van der Waals surface area contributed by atoms with Gasteiger partial charge in [0, 0.05) is 72.9 Å². The number of pyridine rings is 1. The molecule has 54 heavy (non-hydrogen) atoms. The molecular formula is C38H44F3N7O5S. The number of carboxylic acids is 1. The van der Waals surface area contributed by atoms with Crippen LogP contribution in [0.3, 0.4) is 0 Å². The molecule has 2 aromatic carbocycles. The molecule has 0 aliphatic carbocycles. The number of aromatic nitrogens is 2. The van der Waals surface area contributed by atoms with Gasteiger partial charge < -0.3 is 15.0 Å². The number of hydrogen-bond acceptors (Lipinski definition) is 8. The molecule has 4 aromatic rings. The Hall–Kier alpha value is -4.35. The average molecular weight is 768 g/mol. The molecule has 1 unspecified atom stereocenters. The predicted molar refractivity (Wildman–Crippen MR) is 200 cm³/mol. The maximum absolute atomic E-state index is 16.0. The number of aromatic amines is 1. The molecule has 2 aromatic heterocycles. The van der Waals surface area contributed by atoms with Gasteiger partial charge >= 0.3 is 5.97 Å². The van der Waals surface area contributed by atoms with Crippen molar-refractivity contribution in [3.63, 3.8) is 0 Å². The van der Waals surface area contributed by atoms with Gasteiger partial charge in [-0.25, -0.2) is 27.4 Å². The first-order valence-electron chi connectivity index (χ1n) is 18.2. The van der Waals surface area contributed by atoms with Crippen LogP contribution in [0.4, 0.5) is 24.5 Å². The van der Waals surface area contributed by atoms with E-state index in [9.17, 15) is 22.7 Å². The first kappa shape index (κ1) is 37.9. The normalized spacial score (nSPS) is 22.6. The Balaban J connectivity index is 1.06. The molecule has 3 saturated heterocycles. The molecule has 5 heterocycles. The lowest BCUT2D eigenvalue weighted by molar-refractivity contribution is -0.138. The molecule has 0 spiro atoms. The van der Waals surface area contributed by atoms with Gasteiger partial charge in [-0.3, -0.25) is 23.9 Å². The zero-order valence-electron chi connectivity index (χ0n) is 30.1. The van der Waals surface area contributed by atoms with Gasteiger partial charge in [0.2, 0.25) is 5.78 Å². The van der Waals surface area contributed by atoms with Gasteiger partial charge in [0.25, 0.3) is 11.3 Å². The van der Waals surface area contributed by atoms with Crippen LogP contribution in [0.1, 0.15) is 49.0 Å². The van der Waals surface area contributed by atoms with E-state index in [0.717, 1.165) is 68.9 Å². The van der Waals surface area contributed by atoms with E-state index in [-0.39, 0.29) is 43.7 Å². The number of ketones is 1. The second-order valence-corrected chi connectivity index (χ2v) is 15.5. The largest absolute Gasteiger partial charge is 0.480 e. The summed E-state index contributed by atoms with van der Waals surface area (Å²) >= 11 is -2.81. The highest BCUT2D eigenvalue weighted by atomic mass is 32.2. The fraction of sp³-hybridized carbons (Fsp3) is 0.447. The second-order valence-electron chi connectivity index (χ2n) is 14.7. The van der Waals surface area contributed by atoms with Crippen molar-refractivity contribution in [2.24, 2.45) is 5.92 Å². The zero-order chi connectivity index (χ0) is 38.3. The summed E-state index contributed by atoms with van der Waals surface area (Å²) in [6.07, 6.45) is 3.79. The monoisotopic (exact) mass is 767 g/mol. The van der Waals surface area contributed by atoms with Gasteiger partial charge in [0.15, 0.2) is 5.82 Å². The summed E-state index contributed by atoms with van der Waals surface area (Å²) in [6, 6.07) is 12.1. The number of piperazine rings is 1. The Morgan fingerprint density at radius 3 is 2.30 bits per heavy atom. The van der Waals surface area contributed by atoms with Crippen LogP contribution in [0, 0.1) is 17.6 Å². The quantitative estimate of drug-likeness (QED) is 0.136. The molecule has 3 aliphatic heterocycles. The number of hydrazine groups is 1. The van der Waals surface area contributed by atoms with E-state index in [1.54, 1.807) is 12.3 Å². The van der Waals surface area contributed by atoms with Gasteiger partial charge in [0.05, 0.1) is 18.7 Å². The smallest absolute Gasteiger partial charge is 0.317 e. The lowest BCUT2D eigenvalue weighted by atomic mass is 9.95. The number of hydrogen-bond donors (Lipinski definition) is 3. The molecule has 7 rings (SSSR count). The number of carbonyl (C=O) groups excluding carboxylic acids is 1. The van der Waals surface area contributed by atoms with Gasteiger partial charge in [-0.05, 0) is 88.0 Å². The van der Waals surface area contributed by atoms with Crippen molar-refractivity contribution in [3.8, 4) is 11.1 Å². The van der Waals surface area contributed by atoms with Crippen molar-refractivity contribution in [1.29, 1.82) is 0 Å². The van der Waals surface area contributed by atoms with Crippen molar-refractivity contribution in [1.82, 2.24) is 24.8 Å². The Morgan fingerprint density at radius 2 is 1.67 bits per heavy atom. The average Bonchev–Trinajstić information content (AvgIpc) is 3.75. The number of H-pyrrole nitrogens is 1. The number of rotatable bonds is 11. The van der Waals surface area contributed by atoms with Crippen molar-refractivity contribution in [2.45, 2.75) is 51.4 Å². The molecule has 3 aliphatic rings. The number of likely N-dealkylation sites (tertiary alicyclic amines) is 1. The number of carbonyl (C=O) groups is 2. The number of carboxylic acid groups (broad SMARTS) is 1. The zero-order valence-corrected chi connectivity index (χ0v) is 30.9. The van der Waals surface area contributed by atoms with E-state index >= 15 is 8.78 Å². The van der Waals surface area contributed by atoms with Gasteiger partial charge in [-0.15, -0.1) is 0 Å². The molecule has 16 heteroatoms. The minimum Gasteiger partial charge on any atom is -0.480 e. The van der Waals surface area contributed by atoms with Crippen LogP contribution in [-0.4, -0.2) is 121 Å². The summed E-state index contributed by atoms with van der Waals surface area (Å²) in [4.78, 5) is 39.2. The van der Waals surface area contributed by atoms with Crippen LogP contribution in [0.25, 0.3) is 22.2 Å². The molecule has 0 bridgehead atoms. The summed E-state index contributed by atoms with van der Waals surface area (Å²) in [5, 5.41) is 10.6. The maximum atomic E-state index is 16.0. The minimum atomic E-state index is -2.81. The van der Waals surface area contributed by atoms with Crippen LogP contribution in [0.2, 0.25) is 0 Å². The van der Waals surface area contributed by atoms with Crippen LogP contribution in [0.15, 0.2) is 54.9 Å². The first-order chi connectivity index (χ1) is 25.9. The summed E-state index contributed by atoms with van der Waals surface area (Å²) < 4.78 is 68.0. The Labute approximate surface area is 313 Å². The van der Waals surface area contributed by atoms with Crippen molar-refractivity contribution >= 4 is 45.4 Å². The molecule has 0 amide bonds. The summed E-state index contributed by atoms with van der Waals surface area (Å²) in [5.41, 5.74) is 1.48. The van der Waals surface area contributed by atoms with Gasteiger partial charge in [-0.2, -0.15) is 4.41 Å². The number of piperidine rings is 1. The molecular weight excluding hydrogens is 724 g/mol. The SMILES string of the molecule is C[C@@H]1CN(CC2CCN(CC(=O)O)CC2)C[C@H](C)N1c1ccc(-c2cnc3[nH]cc(C(=O)c4c(F)ccc(N(N5CC[C@@H](F)C5)S(=O)O)c4F)c3c2)cc1. The number of anilines is 2. The first-order valence-corrected chi connectivity index (χ1v) is 19.3. The topological polar surface area (TPSA) is 137 Å². The van der Waals surface area contributed by atoms with Gasteiger partial charge in [-0.1, -0.05) is 12.1 Å². The molecule has 0 radical (unpaired) electrons. The van der Waals surface area contributed by atoms with Crippen molar-refractivity contribution < 1.29 is 36.6 Å². The number of nitrogens with one attached hydrogen (secondary N) is 1. The number of halogens is 3. The number of alkyl halides is 1. The standard InChI is InChI=1S/C38H44F3N7O5S/c1-23-18-45(20-25-9-12-44(13-10-25)22-34(49)50)19-24(2)47(23)29-5-3-26(4-6-29)27-15-30-31(17-43-38(30)42-16-27)37(51)35-32(40)7-8-33(36(35)41)48(54(52)53)46-14-11-28(39)21-46/h3-8,15-17,23-25,28H,9-14,18-22H2,1-2H3,(H,42,43)(H,49,50)(H,52,53)/t23-,24+,28-/m1/s1. The molecule has 288 valence electrons. The highest BCUT2D eigenvalue weighted by Crippen LogP contribution is 2.34. The number of nitrogens with zero attached hydrogens (tertiary/aromatic N) is 6. The highest BCUT2D eigenvalue weighted by Gasteiger charge is 2.35. The second kappa shape index (κ2) is 15.8. The van der Waals surface area contributed by atoms with E-state index in [4.69, 9.17) is 5.11 Å². The number of fused-ring (bicyclic) bond motifs is 1. The molecule has 3 N–H and O–H groups in total. The van der Waals surface area contributed by atoms with Crippen LogP contribution in [0.5, 0.6) is 0 Å². The summed E-state index contributed by atoms with van der Waals surface area (Å²) in [6.45, 7) is 8.83. The Kier molecular flexibility index (Phi) is 11.1. The van der Waals surface area contributed by atoms with Gasteiger partial charge in [0.1, 0.15) is 23.3 Å². The van der Waals surface area contributed by atoms with E-state index in [1.165, 1.54) is 11.2 Å². The highest BCUT2D eigenvalue weighted by molar-refractivity contribution is 7.80. The predicted octanol–water partition coefficient (Wildman–Crippen LogP) is 5.34. The summed E-state index contributed by atoms with van der Waals surface area (Å²) in [5.74, 6) is -3.68. The minimum absolute atomic E-state index is 0.0288. The fourth-order valence-electron chi connectivity index (χ4n) is 8.38. The van der Waals surface area contributed by atoms with Crippen molar-refractivity contribution in [2.75, 3.05) is 61.7 Å². The van der Waals surface area contributed by atoms with E-state index < -0.39 is 52.1 Å².